The summed E-state index contributed by atoms with van der Waals surface area (Å²) in [6, 6.07) is 1.64. The van der Waals surface area contributed by atoms with Crippen LogP contribution in [0, 0.1) is 13.8 Å². The maximum Gasteiger partial charge on any atom is 0.147 e. The summed E-state index contributed by atoms with van der Waals surface area (Å²) in [5.41, 5.74) is 6.70. The lowest BCUT2D eigenvalue weighted by Crippen LogP contribution is -2.09. The Labute approximate surface area is 126 Å². The third-order valence-electron chi connectivity index (χ3n) is 2.64. The summed E-state index contributed by atoms with van der Waals surface area (Å²) >= 11 is 13.6. The number of thiazole rings is 1. The third-order valence-corrected chi connectivity index (χ3v) is 4.49. The molecule has 4 nitrogen and oxygen atoms in total. The molecule has 0 saturated heterocycles. The van der Waals surface area contributed by atoms with E-state index in [0.29, 0.717) is 15.9 Å². The Balaban J connectivity index is 2.26. The number of nitrogen functional groups attached to an aromatic ring is 1. The lowest BCUT2D eigenvalue weighted by Gasteiger charge is -2.15. The number of anilines is 2. The van der Waals surface area contributed by atoms with Gasteiger partial charge < -0.3 is 11.1 Å². The zero-order valence-electron chi connectivity index (χ0n) is 10.8. The molecule has 1 atom stereocenters. The van der Waals surface area contributed by atoms with Crippen molar-refractivity contribution in [2.24, 2.45) is 0 Å². The van der Waals surface area contributed by atoms with Gasteiger partial charge in [-0.25, -0.2) is 9.97 Å². The number of aryl methyl sites for hydroxylation is 2. The first-order valence-electron chi connectivity index (χ1n) is 5.70. The molecule has 2 rings (SSSR count). The van der Waals surface area contributed by atoms with Crippen molar-refractivity contribution in [2.75, 3.05) is 11.1 Å². The Morgan fingerprint density at radius 3 is 2.53 bits per heavy atom. The molecule has 7 heteroatoms. The lowest BCUT2D eigenvalue weighted by molar-refractivity contribution is 0.880. The van der Waals surface area contributed by atoms with Gasteiger partial charge in [0.25, 0.3) is 0 Å². The average Bonchev–Trinajstić information content (AvgIpc) is 2.65. The first-order chi connectivity index (χ1) is 8.88. The van der Waals surface area contributed by atoms with Crippen LogP contribution in [0.2, 0.25) is 10.0 Å². The van der Waals surface area contributed by atoms with Crippen LogP contribution in [-0.4, -0.2) is 9.97 Å². The maximum absolute atomic E-state index is 6.10. The first-order valence-corrected chi connectivity index (χ1v) is 7.27. The molecule has 2 aromatic heterocycles. The second-order valence-electron chi connectivity index (χ2n) is 4.23. The quantitative estimate of drug-likeness (QED) is 0.890. The summed E-state index contributed by atoms with van der Waals surface area (Å²) < 4.78 is 0. The summed E-state index contributed by atoms with van der Waals surface area (Å²) in [5, 5.41) is 5.08. The number of pyridine rings is 1. The molecule has 19 heavy (non-hydrogen) atoms. The van der Waals surface area contributed by atoms with E-state index >= 15 is 0 Å². The van der Waals surface area contributed by atoms with E-state index in [-0.39, 0.29) is 11.9 Å². The number of hydrogen-bond donors (Lipinski definition) is 2. The van der Waals surface area contributed by atoms with E-state index in [1.165, 1.54) is 0 Å². The normalized spacial score (nSPS) is 12.5. The Hall–Kier alpha value is -1.04. The van der Waals surface area contributed by atoms with Crippen LogP contribution in [0.5, 0.6) is 0 Å². The van der Waals surface area contributed by atoms with Crippen molar-refractivity contribution in [1.29, 1.82) is 0 Å². The molecule has 102 valence electrons. The minimum absolute atomic E-state index is 0.0526. The minimum Gasteiger partial charge on any atom is -0.382 e. The fourth-order valence-electron chi connectivity index (χ4n) is 1.80. The van der Waals surface area contributed by atoms with Crippen LogP contribution in [-0.2, 0) is 0 Å². The molecule has 0 aromatic carbocycles. The van der Waals surface area contributed by atoms with Gasteiger partial charge in [-0.15, -0.1) is 11.3 Å². The maximum atomic E-state index is 6.10. The van der Waals surface area contributed by atoms with Gasteiger partial charge in [-0.2, -0.15) is 0 Å². The zero-order chi connectivity index (χ0) is 14.2. The monoisotopic (exact) mass is 316 g/mol. The standard InChI is InChI=1S/C12H14Cl2N4S/c1-5-10(19-7(3)16-5)6(2)17-12-9(14)4-8(13)11(15)18-12/h4,6H,1-3H3,(H3,15,17,18). The van der Waals surface area contributed by atoms with Gasteiger partial charge in [-0.3, -0.25) is 0 Å². The van der Waals surface area contributed by atoms with Crippen molar-refractivity contribution in [3.8, 4) is 0 Å². The largest absolute Gasteiger partial charge is 0.382 e. The molecule has 3 N–H and O–H groups in total. The second kappa shape index (κ2) is 5.53. The van der Waals surface area contributed by atoms with Crippen molar-refractivity contribution in [2.45, 2.75) is 26.8 Å². The van der Waals surface area contributed by atoms with Crippen molar-refractivity contribution < 1.29 is 0 Å². The molecule has 0 radical (unpaired) electrons. The number of aromatic nitrogens is 2. The Morgan fingerprint density at radius 1 is 1.26 bits per heavy atom. The molecule has 0 spiro atoms. The molecular formula is C12H14Cl2N4S. The van der Waals surface area contributed by atoms with Crippen LogP contribution in [0.4, 0.5) is 11.6 Å². The Bertz CT molecular complexity index is 612. The minimum atomic E-state index is 0.0526. The summed E-state index contributed by atoms with van der Waals surface area (Å²) in [6.45, 7) is 6.00. The molecule has 0 aliphatic heterocycles. The van der Waals surface area contributed by atoms with Gasteiger partial charge in [-0.1, -0.05) is 23.2 Å². The predicted molar refractivity (Wildman–Crippen MR) is 82.3 cm³/mol. The van der Waals surface area contributed by atoms with Gasteiger partial charge >= 0.3 is 0 Å². The van der Waals surface area contributed by atoms with Gasteiger partial charge in [0.05, 0.1) is 26.8 Å². The van der Waals surface area contributed by atoms with Gasteiger partial charge in [0.15, 0.2) is 0 Å². The van der Waals surface area contributed by atoms with Crippen molar-refractivity contribution in [3.63, 3.8) is 0 Å². The zero-order valence-corrected chi connectivity index (χ0v) is 13.1. The molecule has 1 unspecified atom stereocenters. The molecule has 0 aliphatic rings. The van der Waals surface area contributed by atoms with Crippen LogP contribution in [0.15, 0.2) is 6.07 Å². The van der Waals surface area contributed by atoms with Crippen LogP contribution in [0.1, 0.15) is 28.5 Å². The van der Waals surface area contributed by atoms with E-state index in [1.807, 2.05) is 20.8 Å². The van der Waals surface area contributed by atoms with E-state index < -0.39 is 0 Å². The van der Waals surface area contributed by atoms with Crippen molar-refractivity contribution >= 4 is 46.2 Å². The molecule has 2 aromatic rings. The highest BCUT2D eigenvalue weighted by molar-refractivity contribution is 7.11. The van der Waals surface area contributed by atoms with E-state index in [0.717, 1.165) is 15.6 Å². The number of nitrogens with zero attached hydrogens (tertiary/aromatic N) is 2. The van der Waals surface area contributed by atoms with Crippen LogP contribution >= 0.6 is 34.5 Å². The van der Waals surface area contributed by atoms with Gasteiger partial charge in [0.2, 0.25) is 0 Å². The summed E-state index contributed by atoms with van der Waals surface area (Å²) in [6.07, 6.45) is 0. The van der Waals surface area contributed by atoms with E-state index in [4.69, 9.17) is 28.9 Å². The highest BCUT2D eigenvalue weighted by atomic mass is 35.5. The second-order valence-corrected chi connectivity index (χ2v) is 6.28. The fourth-order valence-corrected chi connectivity index (χ4v) is 3.14. The molecule has 0 saturated carbocycles. The topological polar surface area (TPSA) is 63.8 Å². The Kier molecular flexibility index (Phi) is 4.18. The summed E-state index contributed by atoms with van der Waals surface area (Å²) in [5.74, 6) is 0.791. The highest BCUT2D eigenvalue weighted by Crippen LogP contribution is 2.32. The number of nitrogens with two attached hydrogens (primary N) is 1. The van der Waals surface area contributed by atoms with Gasteiger partial charge in [0, 0.05) is 4.88 Å². The third kappa shape index (κ3) is 3.11. The van der Waals surface area contributed by atoms with Gasteiger partial charge in [0.1, 0.15) is 11.6 Å². The average molecular weight is 317 g/mol. The number of nitrogens with one attached hydrogen (secondary N) is 1. The van der Waals surface area contributed by atoms with E-state index in [2.05, 4.69) is 15.3 Å². The molecule has 0 aliphatic carbocycles. The highest BCUT2D eigenvalue weighted by Gasteiger charge is 2.15. The van der Waals surface area contributed by atoms with Crippen molar-refractivity contribution in [3.05, 3.63) is 31.7 Å². The van der Waals surface area contributed by atoms with E-state index in [1.54, 1.807) is 17.4 Å². The molecule has 0 fully saturated rings. The SMILES string of the molecule is Cc1nc(C)c(C(C)Nc2nc(N)c(Cl)cc2Cl)s1. The number of hydrogen-bond acceptors (Lipinski definition) is 5. The van der Waals surface area contributed by atoms with Crippen LogP contribution < -0.4 is 11.1 Å². The van der Waals surface area contributed by atoms with Crippen LogP contribution in [0.3, 0.4) is 0 Å². The number of rotatable bonds is 3. The number of halogens is 2. The molecule has 0 bridgehead atoms. The lowest BCUT2D eigenvalue weighted by atomic mass is 10.2. The Morgan fingerprint density at radius 2 is 1.95 bits per heavy atom. The summed E-state index contributed by atoms with van der Waals surface area (Å²) in [4.78, 5) is 9.72. The molecule has 0 amide bonds. The molecule has 2 heterocycles. The molecular weight excluding hydrogens is 303 g/mol. The smallest absolute Gasteiger partial charge is 0.147 e. The van der Waals surface area contributed by atoms with Gasteiger partial charge in [-0.05, 0) is 26.8 Å². The van der Waals surface area contributed by atoms with Crippen LogP contribution in [0.25, 0.3) is 0 Å². The fraction of sp³-hybridized carbons (Fsp3) is 0.333. The van der Waals surface area contributed by atoms with Crippen molar-refractivity contribution in [1.82, 2.24) is 9.97 Å². The first kappa shape index (κ1) is 14.4. The van der Waals surface area contributed by atoms with E-state index in [9.17, 15) is 0 Å². The summed E-state index contributed by atoms with van der Waals surface area (Å²) in [7, 11) is 0. The predicted octanol–water partition coefficient (Wildman–Crippen LogP) is 4.22.